The van der Waals surface area contributed by atoms with Gasteiger partial charge in [-0.3, -0.25) is 19.7 Å². The molecule has 1 aromatic rings. The molecular weight excluding hydrogens is 395 g/mol. The predicted octanol–water partition coefficient (Wildman–Crippen LogP) is 1.88. The minimum absolute atomic E-state index is 0.255. The molecule has 4 amide bonds. The van der Waals surface area contributed by atoms with Crippen LogP contribution in [0.1, 0.15) is 30.5 Å². The van der Waals surface area contributed by atoms with Gasteiger partial charge in [0.1, 0.15) is 6.54 Å². The molecule has 1 atom stereocenters. The summed E-state index contributed by atoms with van der Waals surface area (Å²) in [5, 5.41) is 3.06. The third kappa shape index (κ3) is 6.63. The summed E-state index contributed by atoms with van der Waals surface area (Å²) in [5.41, 5.74) is 1.54. The quantitative estimate of drug-likeness (QED) is 0.718. The van der Waals surface area contributed by atoms with Crippen LogP contribution < -0.4 is 10.6 Å². The van der Waals surface area contributed by atoms with Crippen molar-refractivity contribution >= 4 is 29.9 Å². The number of alkyl halides is 3. The van der Waals surface area contributed by atoms with E-state index in [1.807, 2.05) is 6.07 Å². The van der Waals surface area contributed by atoms with E-state index in [1.165, 1.54) is 17.1 Å². The molecule has 156 valence electrons. The molecule has 1 aromatic carbocycles. The summed E-state index contributed by atoms with van der Waals surface area (Å²) in [5.74, 6) is -2.21. The van der Waals surface area contributed by atoms with Gasteiger partial charge in [0.05, 0.1) is 12.5 Å². The molecule has 1 heterocycles. The number of benzene rings is 1. The second-order valence-corrected chi connectivity index (χ2v) is 6.10. The maximum atomic E-state index is 12.1. The van der Waals surface area contributed by atoms with Crippen molar-refractivity contribution in [3.05, 3.63) is 41.6 Å². The van der Waals surface area contributed by atoms with Gasteiger partial charge in [-0.25, -0.2) is 4.79 Å². The predicted molar refractivity (Wildman–Crippen MR) is 93.9 cm³/mol. The maximum absolute atomic E-state index is 12.1. The zero-order valence-electron chi connectivity index (χ0n) is 15.3. The van der Waals surface area contributed by atoms with Crippen molar-refractivity contribution in [1.82, 2.24) is 15.5 Å². The number of carbonyl (C=O) groups excluding carboxylic acids is 4. The average Bonchev–Trinajstić information content (AvgIpc) is 2.64. The van der Waals surface area contributed by atoms with Gasteiger partial charge in [-0.15, -0.1) is 0 Å². The number of esters is 1. The van der Waals surface area contributed by atoms with E-state index in [0.29, 0.717) is 0 Å². The molecule has 1 aliphatic heterocycles. The molecule has 0 bridgehead atoms. The lowest BCUT2D eigenvalue weighted by molar-refractivity contribution is -0.150. The fourth-order valence-corrected chi connectivity index (χ4v) is 2.66. The molecule has 8 nitrogen and oxygen atoms in total. The minimum atomic E-state index is -4.62. The van der Waals surface area contributed by atoms with Crippen LogP contribution in [0.3, 0.4) is 0 Å². The number of hydrogen-bond donors (Lipinski definition) is 2. The summed E-state index contributed by atoms with van der Waals surface area (Å²) in [7, 11) is 0. The van der Waals surface area contributed by atoms with Crippen LogP contribution in [0.2, 0.25) is 0 Å². The summed E-state index contributed by atoms with van der Waals surface area (Å²) < 4.78 is 40.8. The van der Waals surface area contributed by atoms with Crippen LogP contribution in [0, 0.1) is 0 Å². The highest BCUT2D eigenvalue weighted by Crippen LogP contribution is 2.33. The van der Waals surface area contributed by atoms with Gasteiger partial charge in [0.15, 0.2) is 6.61 Å². The van der Waals surface area contributed by atoms with Crippen molar-refractivity contribution in [1.29, 1.82) is 0 Å². The molecule has 29 heavy (non-hydrogen) atoms. The Morgan fingerprint density at radius 2 is 1.86 bits per heavy atom. The van der Waals surface area contributed by atoms with Gasteiger partial charge in [-0.2, -0.15) is 13.2 Å². The van der Waals surface area contributed by atoms with Crippen LogP contribution in [0.15, 0.2) is 30.5 Å². The Bertz CT molecular complexity index is 838. The SMILES string of the molecule is CC(=O)N1C=Cc2ccccc2[C@H]1CC(=O)OCC(=O)NC(=O)NCC(F)(F)F. The van der Waals surface area contributed by atoms with Gasteiger partial charge in [-0.05, 0) is 17.2 Å². The molecule has 0 aromatic heterocycles. The molecule has 11 heteroatoms. The van der Waals surface area contributed by atoms with Crippen molar-refractivity contribution < 1.29 is 37.1 Å². The maximum Gasteiger partial charge on any atom is 0.405 e. The smallest absolute Gasteiger partial charge is 0.405 e. The summed E-state index contributed by atoms with van der Waals surface area (Å²) in [6, 6.07) is 5.12. The van der Waals surface area contributed by atoms with E-state index >= 15 is 0 Å². The molecule has 0 radical (unpaired) electrons. The topological polar surface area (TPSA) is 105 Å². The highest BCUT2D eigenvalue weighted by atomic mass is 19.4. The lowest BCUT2D eigenvalue weighted by atomic mass is 9.94. The lowest BCUT2D eigenvalue weighted by Gasteiger charge is -2.32. The zero-order valence-corrected chi connectivity index (χ0v) is 15.3. The summed E-state index contributed by atoms with van der Waals surface area (Å²) in [6.45, 7) is -1.13. The van der Waals surface area contributed by atoms with Gasteiger partial charge in [-0.1, -0.05) is 24.3 Å². The molecule has 2 N–H and O–H groups in total. The van der Waals surface area contributed by atoms with E-state index < -0.39 is 43.3 Å². The second-order valence-electron chi connectivity index (χ2n) is 6.10. The third-order valence-corrected chi connectivity index (χ3v) is 3.90. The number of imide groups is 1. The second kappa shape index (κ2) is 9.22. The van der Waals surface area contributed by atoms with Crippen LogP contribution in [0.25, 0.3) is 6.08 Å². The monoisotopic (exact) mass is 413 g/mol. The van der Waals surface area contributed by atoms with Crippen molar-refractivity contribution in [3.63, 3.8) is 0 Å². The third-order valence-electron chi connectivity index (χ3n) is 3.90. The van der Waals surface area contributed by atoms with Crippen LogP contribution in [-0.4, -0.2) is 48.0 Å². The number of rotatable bonds is 5. The van der Waals surface area contributed by atoms with Crippen LogP contribution >= 0.6 is 0 Å². The largest absolute Gasteiger partial charge is 0.455 e. The van der Waals surface area contributed by atoms with Crippen molar-refractivity contribution in [2.75, 3.05) is 13.2 Å². The number of halogens is 3. The first-order chi connectivity index (χ1) is 13.6. The molecule has 0 saturated carbocycles. The number of urea groups is 1. The number of nitrogens with one attached hydrogen (secondary N) is 2. The summed E-state index contributed by atoms with van der Waals surface area (Å²) in [4.78, 5) is 48.1. The molecule has 2 rings (SSSR count). The molecule has 0 aliphatic carbocycles. The standard InChI is InChI=1S/C18H18F3N3O5/c1-11(25)24-7-6-12-4-2-3-5-13(12)14(24)8-16(27)29-9-15(26)23-17(28)22-10-18(19,20)21/h2-7,14H,8-10H2,1H3,(H2,22,23,26,28)/t14-/m1/s1. The Balaban J connectivity index is 1.89. The van der Waals surface area contributed by atoms with Crippen LogP contribution in [0.4, 0.5) is 18.0 Å². The van der Waals surface area contributed by atoms with Gasteiger partial charge < -0.3 is 15.0 Å². The van der Waals surface area contributed by atoms with E-state index in [9.17, 15) is 32.3 Å². The summed E-state index contributed by atoms with van der Waals surface area (Å²) in [6.07, 6.45) is -1.61. The number of ether oxygens (including phenoxy) is 1. The highest BCUT2D eigenvalue weighted by molar-refractivity contribution is 5.95. The first kappa shape index (κ1) is 21.9. The molecule has 0 fully saturated rings. The highest BCUT2D eigenvalue weighted by Gasteiger charge is 2.30. The molecule has 1 aliphatic rings. The normalized spacial score (nSPS) is 15.3. The molecule has 0 unspecified atom stereocenters. The number of fused-ring (bicyclic) bond motifs is 1. The Morgan fingerprint density at radius 1 is 1.17 bits per heavy atom. The number of nitrogens with zero attached hydrogens (tertiary/aromatic N) is 1. The Hall–Kier alpha value is -3.37. The van der Waals surface area contributed by atoms with Gasteiger partial charge in [0.2, 0.25) is 5.91 Å². The number of carbonyl (C=O) groups is 4. The first-order valence-corrected chi connectivity index (χ1v) is 8.43. The van der Waals surface area contributed by atoms with E-state index in [0.717, 1.165) is 11.1 Å². The van der Waals surface area contributed by atoms with Crippen LogP contribution in [-0.2, 0) is 19.1 Å². The van der Waals surface area contributed by atoms with Crippen molar-refractivity contribution in [2.45, 2.75) is 25.6 Å². The van der Waals surface area contributed by atoms with Crippen molar-refractivity contribution in [3.8, 4) is 0 Å². The Labute approximate surface area is 163 Å². The molecular formula is C18H18F3N3O5. The minimum Gasteiger partial charge on any atom is -0.455 e. The van der Waals surface area contributed by atoms with Crippen LogP contribution in [0.5, 0.6) is 0 Å². The summed E-state index contributed by atoms with van der Waals surface area (Å²) >= 11 is 0. The van der Waals surface area contributed by atoms with E-state index in [-0.39, 0.29) is 12.3 Å². The van der Waals surface area contributed by atoms with Gasteiger partial charge in [0, 0.05) is 13.1 Å². The average molecular weight is 413 g/mol. The van der Waals surface area contributed by atoms with E-state index in [2.05, 4.69) is 0 Å². The fourth-order valence-electron chi connectivity index (χ4n) is 2.66. The molecule has 0 saturated heterocycles. The van der Waals surface area contributed by atoms with E-state index in [4.69, 9.17) is 4.74 Å². The van der Waals surface area contributed by atoms with Gasteiger partial charge in [0.25, 0.3) is 5.91 Å². The zero-order chi connectivity index (χ0) is 21.6. The Kier molecular flexibility index (Phi) is 6.97. The van der Waals surface area contributed by atoms with Crippen molar-refractivity contribution in [2.24, 2.45) is 0 Å². The molecule has 0 spiro atoms. The lowest BCUT2D eigenvalue weighted by Crippen LogP contribution is -2.44. The van der Waals surface area contributed by atoms with E-state index in [1.54, 1.807) is 35.8 Å². The number of hydrogen-bond acceptors (Lipinski definition) is 5. The fraction of sp³-hybridized carbons (Fsp3) is 0.333. The Morgan fingerprint density at radius 3 is 2.52 bits per heavy atom. The number of amides is 4. The first-order valence-electron chi connectivity index (χ1n) is 8.43. The van der Waals surface area contributed by atoms with Gasteiger partial charge >= 0.3 is 18.2 Å².